The molecule has 1 saturated heterocycles. The molecule has 0 radical (unpaired) electrons. The number of aromatic nitrogens is 2. The molecule has 1 aliphatic heterocycles. The third-order valence-electron chi connectivity index (χ3n) is 3.51. The molecule has 0 bridgehead atoms. The summed E-state index contributed by atoms with van der Waals surface area (Å²) < 4.78 is 1.88. The lowest BCUT2D eigenvalue weighted by Gasteiger charge is -2.30. The van der Waals surface area contributed by atoms with Gasteiger partial charge in [-0.05, 0) is 18.6 Å². The molecule has 2 amide bonds. The predicted molar refractivity (Wildman–Crippen MR) is 72.8 cm³/mol. The van der Waals surface area contributed by atoms with Crippen molar-refractivity contribution in [2.45, 2.75) is 25.9 Å². The van der Waals surface area contributed by atoms with Crippen molar-refractivity contribution in [3.63, 3.8) is 0 Å². The number of hydrogen-bond donors (Lipinski definition) is 1. The zero-order valence-electron chi connectivity index (χ0n) is 11.2. The summed E-state index contributed by atoms with van der Waals surface area (Å²) in [6.07, 6.45) is 4.41. The van der Waals surface area contributed by atoms with Gasteiger partial charge in [-0.1, -0.05) is 13.0 Å². The first-order valence-electron chi connectivity index (χ1n) is 6.69. The molecule has 2 aromatic rings. The second-order valence-electron chi connectivity index (χ2n) is 4.86. The van der Waals surface area contributed by atoms with Crippen LogP contribution in [0.1, 0.15) is 19.0 Å². The van der Waals surface area contributed by atoms with Crippen LogP contribution in [0.25, 0.3) is 5.65 Å². The molecule has 3 heterocycles. The molecular formula is C14H16N4O2. The van der Waals surface area contributed by atoms with E-state index in [1.165, 1.54) is 4.90 Å². The number of imidazole rings is 1. The Bertz CT molecular complexity index is 631. The molecule has 6 nitrogen and oxygen atoms in total. The molecule has 1 N–H and O–H groups in total. The number of piperazine rings is 1. The number of amides is 2. The summed E-state index contributed by atoms with van der Waals surface area (Å²) in [5.41, 5.74) is 1.53. The number of nitrogens with one attached hydrogen (secondary N) is 1. The van der Waals surface area contributed by atoms with Crippen LogP contribution < -0.4 is 5.32 Å². The van der Waals surface area contributed by atoms with E-state index in [-0.39, 0.29) is 30.9 Å². The predicted octanol–water partition coefficient (Wildman–Crippen LogP) is 0.571. The van der Waals surface area contributed by atoms with E-state index in [0.717, 1.165) is 11.3 Å². The van der Waals surface area contributed by atoms with Gasteiger partial charge in [-0.15, -0.1) is 0 Å². The van der Waals surface area contributed by atoms with Gasteiger partial charge in [-0.25, -0.2) is 4.98 Å². The minimum absolute atomic E-state index is 0.166. The van der Waals surface area contributed by atoms with Gasteiger partial charge >= 0.3 is 0 Å². The van der Waals surface area contributed by atoms with Crippen molar-refractivity contribution in [3.8, 4) is 0 Å². The second-order valence-corrected chi connectivity index (χ2v) is 4.86. The van der Waals surface area contributed by atoms with Gasteiger partial charge in [-0.2, -0.15) is 0 Å². The number of pyridine rings is 1. The lowest BCUT2D eigenvalue weighted by atomic mass is 10.1. The van der Waals surface area contributed by atoms with E-state index < -0.39 is 0 Å². The van der Waals surface area contributed by atoms with Crippen molar-refractivity contribution < 1.29 is 9.59 Å². The molecule has 3 rings (SSSR count). The Kier molecular flexibility index (Phi) is 3.23. The molecule has 1 atom stereocenters. The van der Waals surface area contributed by atoms with Crippen molar-refractivity contribution in [1.82, 2.24) is 19.6 Å². The van der Waals surface area contributed by atoms with Crippen LogP contribution in [0.2, 0.25) is 0 Å². The van der Waals surface area contributed by atoms with E-state index in [4.69, 9.17) is 0 Å². The maximum atomic E-state index is 12.2. The highest BCUT2D eigenvalue weighted by molar-refractivity contribution is 6.01. The first-order chi connectivity index (χ1) is 9.69. The van der Waals surface area contributed by atoms with Gasteiger partial charge in [0.15, 0.2) is 0 Å². The van der Waals surface area contributed by atoms with Crippen LogP contribution in [-0.4, -0.2) is 38.7 Å². The summed E-state index contributed by atoms with van der Waals surface area (Å²) in [6, 6.07) is 5.43. The summed E-state index contributed by atoms with van der Waals surface area (Å²) in [7, 11) is 0. The molecule has 2 aromatic heterocycles. The summed E-state index contributed by atoms with van der Waals surface area (Å²) in [5.74, 6) is -0.363. The maximum absolute atomic E-state index is 12.2. The fourth-order valence-electron chi connectivity index (χ4n) is 2.41. The van der Waals surface area contributed by atoms with E-state index >= 15 is 0 Å². The average molecular weight is 272 g/mol. The monoisotopic (exact) mass is 272 g/mol. The van der Waals surface area contributed by atoms with Crippen molar-refractivity contribution in [1.29, 1.82) is 0 Å². The third-order valence-corrected chi connectivity index (χ3v) is 3.51. The molecular weight excluding hydrogens is 256 g/mol. The Morgan fingerprint density at radius 1 is 1.40 bits per heavy atom. The van der Waals surface area contributed by atoms with E-state index in [0.29, 0.717) is 6.42 Å². The van der Waals surface area contributed by atoms with Gasteiger partial charge < -0.3 is 4.40 Å². The van der Waals surface area contributed by atoms with Crippen molar-refractivity contribution in [2.24, 2.45) is 0 Å². The third kappa shape index (κ3) is 2.18. The molecule has 1 fully saturated rings. The van der Waals surface area contributed by atoms with Crippen LogP contribution in [0.3, 0.4) is 0 Å². The Hall–Kier alpha value is -2.21. The lowest BCUT2D eigenvalue weighted by Crippen LogP contribution is -2.57. The summed E-state index contributed by atoms with van der Waals surface area (Å²) in [5, 5.41) is 2.94. The standard InChI is InChI=1S/C14H16N4O2/c1-2-11-14(20)18(13(19)7-15-11)9-10-8-17-6-4-3-5-12(17)16-10/h3-6,8,11,15H,2,7,9H2,1H3. The van der Waals surface area contributed by atoms with Gasteiger partial charge in [0.25, 0.3) is 0 Å². The van der Waals surface area contributed by atoms with Crippen LogP contribution in [-0.2, 0) is 16.1 Å². The van der Waals surface area contributed by atoms with Crippen LogP contribution in [0.4, 0.5) is 0 Å². The van der Waals surface area contributed by atoms with Gasteiger partial charge in [-0.3, -0.25) is 19.8 Å². The van der Waals surface area contributed by atoms with Gasteiger partial charge in [0.05, 0.1) is 24.8 Å². The molecule has 6 heteroatoms. The maximum Gasteiger partial charge on any atom is 0.246 e. The number of carbonyl (C=O) groups is 2. The number of nitrogens with zero attached hydrogens (tertiary/aromatic N) is 3. The quantitative estimate of drug-likeness (QED) is 0.830. The van der Waals surface area contributed by atoms with Crippen LogP contribution in [0.15, 0.2) is 30.6 Å². The Morgan fingerprint density at radius 3 is 3.00 bits per heavy atom. The molecule has 104 valence electrons. The Balaban J connectivity index is 1.85. The Morgan fingerprint density at radius 2 is 2.25 bits per heavy atom. The number of imide groups is 1. The van der Waals surface area contributed by atoms with Crippen LogP contribution in [0, 0.1) is 0 Å². The number of rotatable bonds is 3. The molecule has 20 heavy (non-hydrogen) atoms. The van der Waals surface area contributed by atoms with Crippen LogP contribution in [0.5, 0.6) is 0 Å². The summed E-state index contributed by atoms with van der Waals surface area (Å²) >= 11 is 0. The van der Waals surface area contributed by atoms with E-state index in [1.807, 2.05) is 41.9 Å². The SMILES string of the molecule is CCC1NCC(=O)N(Cc2cn3ccccc3n2)C1=O. The number of carbonyl (C=O) groups excluding carboxylic acids is 2. The lowest BCUT2D eigenvalue weighted by molar-refractivity contribution is -0.150. The fraction of sp³-hybridized carbons (Fsp3) is 0.357. The molecule has 1 aliphatic rings. The molecule has 0 aromatic carbocycles. The summed E-state index contributed by atoms with van der Waals surface area (Å²) in [6.45, 7) is 2.36. The van der Waals surface area contributed by atoms with E-state index in [1.54, 1.807) is 0 Å². The minimum atomic E-state index is -0.273. The Labute approximate surface area is 116 Å². The highest BCUT2D eigenvalue weighted by atomic mass is 16.2. The smallest absolute Gasteiger partial charge is 0.246 e. The first-order valence-corrected chi connectivity index (χ1v) is 6.69. The number of hydrogen-bond acceptors (Lipinski definition) is 4. The molecule has 0 spiro atoms. The number of fused-ring (bicyclic) bond motifs is 1. The highest BCUT2D eigenvalue weighted by Gasteiger charge is 2.33. The average Bonchev–Trinajstić information content (AvgIpc) is 2.86. The van der Waals surface area contributed by atoms with Crippen LogP contribution >= 0.6 is 0 Å². The van der Waals surface area contributed by atoms with E-state index in [2.05, 4.69) is 10.3 Å². The van der Waals surface area contributed by atoms with Crippen molar-refractivity contribution in [3.05, 3.63) is 36.3 Å². The molecule has 0 saturated carbocycles. The van der Waals surface area contributed by atoms with Crippen molar-refractivity contribution in [2.75, 3.05) is 6.54 Å². The molecule has 1 unspecified atom stereocenters. The van der Waals surface area contributed by atoms with Gasteiger partial charge in [0.1, 0.15) is 5.65 Å². The fourth-order valence-corrected chi connectivity index (χ4v) is 2.41. The van der Waals surface area contributed by atoms with Gasteiger partial charge in [0, 0.05) is 12.4 Å². The first kappa shape index (κ1) is 12.8. The highest BCUT2D eigenvalue weighted by Crippen LogP contribution is 2.12. The zero-order valence-corrected chi connectivity index (χ0v) is 11.2. The minimum Gasteiger partial charge on any atom is -0.307 e. The second kappa shape index (κ2) is 5.05. The zero-order chi connectivity index (χ0) is 14.1. The normalized spacial score (nSPS) is 19.9. The topological polar surface area (TPSA) is 66.7 Å². The van der Waals surface area contributed by atoms with Crippen molar-refractivity contribution >= 4 is 17.5 Å². The largest absolute Gasteiger partial charge is 0.307 e. The van der Waals surface area contributed by atoms with Gasteiger partial charge in [0.2, 0.25) is 11.8 Å². The summed E-state index contributed by atoms with van der Waals surface area (Å²) in [4.78, 5) is 29.8. The molecule has 0 aliphatic carbocycles. The van der Waals surface area contributed by atoms with E-state index in [9.17, 15) is 9.59 Å².